The predicted molar refractivity (Wildman–Crippen MR) is 177 cm³/mol. The number of carbonyl (C=O) groups excluding carboxylic acids is 4. The van der Waals surface area contributed by atoms with Crippen LogP contribution in [0, 0.1) is 0 Å². The largest absolute Gasteiger partial charge is 0.309 e. The highest BCUT2D eigenvalue weighted by molar-refractivity contribution is 6.56. The highest BCUT2D eigenvalue weighted by atomic mass is 35.5. The molecule has 7 nitrogen and oxygen atoms in total. The van der Waals surface area contributed by atoms with Gasteiger partial charge in [0.1, 0.15) is 0 Å². The van der Waals surface area contributed by atoms with Gasteiger partial charge in [-0.15, -0.1) is 0 Å². The van der Waals surface area contributed by atoms with E-state index < -0.39 is 23.6 Å². The van der Waals surface area contributed by atoms with Gasteiger partial charge in [0.2, 0.25) is 0 Å². The molecule has 11 heteroatoms. The fourth-order valence-electron chi connectivity index (χ4n) is 6.83. The zero-order chi connectivity index (χ0) is 31.4. The van der Waals surface area contributed by atoms with E-state index in [1.807, 2.05) is 25.9 Å². The molecule has 2 aliphatic heterocycles. The van der Waals surface area contributed by atoms with Crippen LogP contribution in [0.5, 0.6) is 0 Å². The summed E-state index contributed by atoms with van der Waals surface area (Å²) in [5.74, 6) is -1.76. The Morgan fingerprint density at radius 2 is 0.841 bits per heavy atom. The van der Waals surface area contributed by atoms with Crippen molar-refractivity contribution in [1.82, 2.24) is 14.7 Å². The zero-order valence-electron chi connectivity index (χ0n) is 24.0. The van der Waals surface area contributed by atoms with Crippen molar-refractivity contribution in [3.8, 4) is 0 Å². The van der Waals surface area contributed by atoms with Crippen molar-refractivity contribution in [2.45, 2.75) is 26.2 Å². The van der Waals surface area contributed by atoms with Crippen molar-refractivity contribution < 1.29 is 19.2 Å². The Hall–Kier alpha value is -3.20. The highest BCUT2D eigenvalue weighted by Crippen LogP contribution is 2.53. The Balaban J connectivity index is 1.60. The topological polar surface area (TPSA) is 78.0 Å². The summed E-state index contributed by atoms with van der Waals surface area (Å²) in [4.78, 5) is 59.4. The molecule has 7 rings (SSSR count). The Morgan fingerprint density at radius 1 is 0.523 bits per heavy atom. The van der Waals surface area contributed by atoms with Crippen LogP contribution in [0.2, 0.25) is 20.1 Å². The normalized spacial score (nSPS) is 15.1. The molecule has 0 fully saturated rings. The molecule has 0 radical (unpaired) electrons. The Labute approximate surface area is 272 Å². The van der Waals surface area contributed by atoms with E-state index in [4.69, 9.17) is 46.4 Å². The lowest BCUT2D eigenvalue weighted by atomic mass is 9.82. The molecule has 224 valence electrons. The first-order chi connectivity index (χ1) is 21.0. The quantitative estimate of drug-likeness (QED) is 0.0991. The summed E-state index contributed by atoms with van der Waals surface area (Å²) < 4.78 is 0. The summed E-state index contributed by atoms with van der Waals surface area (Å²) in [5, 5.41) is 4.60. The summed E-state index contributed by atoms with van der Waals surface area (Å²) in [6, 6.07) is 6.26. The zero-order valence-corrected chi connectivity index (χ0v) is 27.1. The van der Waals surface area contributed by atoms with E-state index in [1.165, 1.54) is 9.80 Å². The minimum absolute atomic E-state index is 0.223. The van der Waals surface area contributed by atoms with Gasteiger partial charge in [-0.2, -0.15) is 0 Å². The van der Waals surface area contributed by atoms with Gasteiger partial charge < -0.3 is 4.90 Å². The Kier molecular flexibility index (Phi) is 6.99. The Bertz CT molecular complexity index is 2030. The number of fused-ring (bicyclic) bond motifs is 2. The lowest BCUT2D eigenvalue weighted by Crippen LogP contribution is -2.41. The highest BCUT2D eigenvalue weighted by Gasteiger charge is 2.39. The number of amides is 4. The molecule has 5 aromatic carbocycles. The first-order valence-corrected chi connectivity index (χ1v) is 15.8. The molecule has 0 atom stereocenters. The molecule has 4 amide bonds. The maximum absolute atomic E-state index is 13.8. The smallest absolute Gasteiger partial charge is 0.261 e. The second-order valence-electron chi connectivity index (χ2n) is 11.7. The van der Waals surface area contributed by atoms with E-state index >= 15 is 0 Å². The molecule has 0 saturated heterocycles. The van der Waals surface area contributed by atoms with E-state index in [2.05, 4.69) is 0 Å². The molecule has 44 heavy (non-hydrogen) atoms. The van der Waals surface area contributed by atoms with Gasteiger partial charge in [-0.1, -0.05) is 59.7 Å². The molecule has 2 heterocycles. The third kappa shape index (κ3) is 3.93. The van der Waals surface area contributed by atoms with E-state index in [1.54, 1.807) is 24.3 Å². The van der Waals surface area contributed by atoms with Crippen molar-refractivity contribution in [3.05, 3.63) is 66.6 Å². The van der Waals surface area contributed by atoms with Crippen LogP contribution in [-0.2, 0) is 0 Å². The average molecular weight is 669 g/mol. The monoisotopic (exact) mass is 667 g/mol. The van der Waals surface area contributed by atoms with E-state index in [0.29, 0.717) is 62.5 Å². The molecule has 0 N–H and O–H groups in total. The lowest BCUT2D eigenvalue weighted by molar-refractivity contribution is 0.0591. The summed E-state index contributed by atoms with van der Waals surface area (Å²) in [6.45, 7) is 3.19. The fraction of sp³-hybridized carbons (Fsp3) is 0.273. The minimum atomic E-state index is -0.445. The van der Waals surface area contributed by atoms with E-state index in [9.17, 15) is 19.2 Å². The third-order valence-electron chi connectivity index (χ3n) is 8.74. The number of benzene rings is 5. The van der Waals surface area contributed by atoms with Crippen LogP contribution in [0.4, 0.5) is 0 Å². The predicted octanol–water partition coefficient (Wildman–Crippen LogP) is 8.29. The Morgan fingerprint density at radius 3 is 1.14 bits per heavy atom. The number of hydrogen-bond acceptors (Lipinski definition) is 5. The van der Waals surface area contributed by atoms with Gasteiger partial charge in [-0.05, 0) is 57.7 Å². The van der Waals surface area contributed by atoms with Crippen molar-refractivity contribution in [1.29, 1.82) is 0 Å². The van der Waals surface area contributed by atoms with Crippen LogP contribution in [0.1, 0.15) is 67.6 Å². The number of nitrogens with zero attached hydrogens (tertiary/aromatic N) is 3. The molecule has 0 aliphatic carbocycles. The molecule has 2 aliphatic rings. The maximum atomic E-state index is 13.8. The summed E-state index contributed by atoms with van der Waals surface area (Å²) in [5.41, 5.74) is 1.14. The third-order valence-corrected chi connectivity index (χ3v) is 9.93. The minimum Gasteiger partial charge on any atom is -0.309 e. The second-order valence-corrected chi connectivity index (χ2v) is 13.3. The molecular formula is C33H25Cl4N3O4. The maximum Gasteiger partial charge on any atom is 0.261 e. The number of unbranched alkanes of at least 4 members (excludes halogenated alkanes) is 1. The van der Waals surface area contributed by atoms with Crippen LogP contribution >= 0.6 is 46.4 Å². The van der Waals surface area contributed by atoms with Crippen molar-refractivity contribution in [3.63, 3.8) is 0 Å². The van der Waals surface area contributed by atoms with Gasteiger partial charge in [0.15, 0.2) is 0 Å². The van der Waals surface area contributed by atoms with Gasteiger partial charge in [0.05, 0.1) is 22.3 Å². The summed E-state index contributed by atoms with van der Waals surface area (Å²) in [7, 11) is 3.85. The molecule has 0 bridgehead atoms. The average Bonchev–Trinajstić information content (AvgIpc) is 2.97. The number of rotatable bonds is 7. The summed E-state index contributed by atoms with van der Waals surface area (Å²) in [6.07, 6.45) is 2.06. The molecule has 0 aromatic heterocycles. The van der Waals surface area contributed by atoms with Crippen LogP contribution in [0.15, 0.2) is 24.3 Å². The number of carbonyl (C=O) groups is 4. The number of hydrogen-bond donors (Lipinski definition) is 0. The summed E-state index contributed by atoms with van der Waals surface area (Å²) >= 11 is 28.0. The van der Waals surface area contributed by atoms with Crippen molar-refractivity contribution in [2.75, 3.05) is 33.7 Å². The van der Waals surface area contributed by atoms with Gasteiger partial charge in [-0.3, -0.25) is 29.0 Å². The van der Waals surface area contributed by atoms with Crippen LogP contribution in [0.3, 0.4) is 0 Å². The standard InChI is InChI=1S/C33H25Cl4N3O4/c1-4-5-8-39-30(41)14-10-18(34)24-26-20(36)12-16-23-17(33(44)40(32(16)43)9-6-7-38(2)3)13-21(37)27(29(23)26)25-19(35)11-15(31(39)42)22(14)28(24)25/h10-13H,4-9H2,1-3H3. The van der Waals surface area contributed by atoms with Gasteiger partial charge in [0, 0.05) is 76.3 Å². The van der Waals surface area contributed by atoms with Crippen LogP contribution in [-0.4, -0.2) is 72.1 Å². The first kappa shape index (κ1) is 29.5. The van der Waals surface area contributed by atoms with Crippen LogP contribution in [0.25, 0.3) is 43.1 Å². The van der Waals surface area contributed by atoms with Gasteiger partial charge >= 0.3 is 0 Å². The number of imide groups is 2. The molecule has 0 unspecified atom stereocenters. The van der Waals surface area contributed by atoms with Gasteiger partial charge in [-0.25, -0.2) is 0 Å². The van der Waals surface area contributed by atoms with E-state index in [-0.39, 0.29) is 55.4 Å². The van der Waals surface area contributed by atoms with Crippen molar-refractivity contribution in [2.24, 2.45) is 0 Å². The van der Waals surface area contributed by atoms with E-state index in [0.717, 1.165) is 6.42 Å². The molecule has 5 aromatic rings. The second kappa shape index (κ2) is 10.4. The molecule has 0 spiro atoms. The lowest BCUT2D eigenvalue weighted by Gasteiger charge is -2.31. The SMILES string of the molecule is CCCCN1C(=O)c2cc(Cl)c3c4c(Cl)cc5c6c(cc(Cl)c(c7c(Cl)cc(c2c37)C1=O)c64)C(=O)N(CCCN(C)C)C5=O. The molecular weight excluding hydrogens is 644 g/mol. The van der Waals surface area contributed by atoms with Crippen molar-refractivity contribution >= 4 is 113 Å². The fourth-order valence-corrected chi connectivity index (χ4v) is 8.02. The molecule has 0 saturated carbocycles. The van der Waals surface area contributed by atoms with Crippen LogP contribution < -0.4 is 0 Å². The number of halogens is 4. The van der Waals surface area contributed by atoms with Gasteiger partial charge in [0.25, 0.3) is 23.6 Å². The first-order valence-electron chi connectivity index (χ1n) is 14.3.